The number of methoxy groups -OCH3 is 1. The summed E-state index contributed by atoms with van der Waals surface area (Å²) in [6.45, 7) is 0. The maximum atomic E-state index is 11.9. The molecule has 0 aromatic heterocycles. The first-order chi connectivity index (χ1) is 9.69. The Kier molecular flexibility index (Phi) is 5.32. The lowest BCUT2D eigenvalue weighted by Crippen LogP contribution is -2.14. The lowest BCUT2D eigenvalue weighted by molar-refractivity contribution is -0.113. The number of halogens is 1. The van der Waals surface area contributed by atoms with E-state index >= 15 is 0 Å². The number of benzene rings is 2. The van der Waals surface area contributed by atoms with Gasteiger partial charge in [0.05, 0.1) is 18.6 Å². The van der Waals surface area contributed by atoms with E-state index in [9.17, 15) is 4.79 Å². The molecule has 2 aromatic rings. The molecule has 104 valence electrons. The van der Waals surface area contributed by atoms with Crippen LogP contribution in [-0.4, -0.2) is 18.8 Å². The van der Waals surface area contributed by atoms with Crippen LogP contribution in [0.5, 0.6) is 5.75 Å². The third-order valence-corrected chi connectivity index (χ3v) is 3.83. The predicted molar refractivity (Wildman–Crippen MR) is 83.8 cm³/mol. The van der Waals surface area contributed by atoms with Crippen molar-refractivity contribution in [2.75, 3.05) is 18.2 Å². The van der Waals surface area contributed by atoms with E-state index in [0.29, 0.717) is 22.2 Å². The van der Waals surface area contributed by atoms with Crippen molar-refractivity contribution in [3.63, 3.8) is 0 Å². The Balaban J connectivity index is 1.91. The number of rotatable bonds is 5. The van der Waals surface area contributed by atoms with Gasteiger partial charge in [-0.3, -0.25) is 4.79 Å². The zero-order chi connectivity index (χ0) is 14.4. The number of amides is 1. The zero-order valence-electron chi connectivity index (χ0n) is 10.9. The molecule has 20 heavy (non-hydrogen) atoms. The third kappa shape index (κ3) is 4.18. The molecule has 3 nitrogen and oxygen atoms in total. The molecule has 0 radical (unpaired) electrons. The number of carbonyl (C=O) groups excluding carboxylic acids is 1. The van der Waals surface area contributed by atoms with Gasteiger partial charge in [0.15, 0.2) is 0 Å². The van der Waals surface area contributed by atoms with E-state index in [1.54, 1.807) is 7.11 Å². The van der Waals surface area contributed by atoms with Crippen molar-refractivity contribution in [1.29, 1.82) is 0 Å². The molecule has 0 saturated carbocycles. The highest BCUT2D eigenvalue weighted by atomic mass is 35.5. The van der Waals surface area contributed by atoms with Crippen LogP contribution in [0.4, 0.5) is 5.69 Å². The molecule has 0 aliphatic heterocycles. The fourth-order valence-electron chi connectivity index (χ4n) is 1.61. The molecule has 0 atom stereocenters. The summed E-state index contributed by atoms with van der Waals surface area (Å²) >= 11 is 7.27. The molecule has 0 fully saturated rings. The maximum absolute atomic E-state index is 11.9. The maximum Gasteiger partial charge on any atom is 0.234 e. The second-order valence-electron chi connectivity index (χ2n) is 3.99. The third-order valence-electron chi connectivity index (χ3n) is 2.56. The van der Waals surface area contributed by atoms with Gasteiger partial charge in [0.1, 0.15) is 5.75 Å². The molecule has 0 unspecified atom stereocenters. The molecule has 5 heteroatoms. The summed E-state index contributed by atoms with van der Waals surface area (Å²) < 4.78 is 5.19. The summed E-state index contributed by atoms with van der Waals surface area (Å²) in [5, 5.41) is 3.52. The Morgan fingerprint density at radius 2 is 1.90 bits per heavy atom. The van der Waals surface area contributed by atoms with Crippen molar-refractivity contribution in [3.05, 3.63) is 53.6 Å². The number of hydrogen-bond donors (Lipinski definition) is 1. The van der Waals surface area contributed by atoms with Crippen molar-refractivity contribution in [2.24, 2.45) is 0 Å². The first-order valence-electron chi connectivity index (χ1n) is 6.00. The van der Waals surface area contributed by atoms with E-state index in [0.717, 1.165) is 4.90 Å². The molecule has 0 saturated heterocycles. The molecule has 1 amide bonds. The van der Waals surface area contributed by atoms with Crippen molar-refractivity contribution in [2.45, 2.75) is 4.90 Å². The molecular weight excluding hydrogens is 294 g/mol. The molecule has 0 heterocycles. The Morgan fingerprint density at radius 1 is 1.20 bits per heavy atom. The van der Waals surface area contributed by atoms with Crippen LogP contribution in [0, 0.1) is 0 Å². The number of anilines is 1. The van der Waals surface area contributed by atoms with Gasteiger partial charge in [0.2, 0.25) is 5.91 Å². The van der Waals surface area contributed by atoms with Crippen molar-refractivity contribution in [1.82, 2.24) is 0 Å². The predicted octanol–water partition coefficient (Wildman–Crippen LogP) is 4.08. The molecule has 2 rings (SSSR count). The average molecular weight is 308 g/mol. The van der Waals surface area contributed by atoms with Gasteiger partial charge >= 0.3 is 0 Å². The number of thioether (sulfide) groups is 1. The van der Waals surface area contributed by atoms with Crippen LogP contribution in [0.25, 0.3) is 0 Å². The summed E-state index contributed by atoms with van der Waals surface area (Å²) in [6, 6.07) is 14.7. The molecule has 2 aromatic carbocycles. The van der Waals surface area contributed by atoms with Gasteiger partial charge < -0.3 is 10.1 Å². The van der Waals surface area contributed by atoms with Crippen LogP contribution >= 0.6 is 23.4 Å². The Morgan fingerprint density at radius 3 is 2.60 bits per heavy atom. The first kappa shape index (κ1) is 14.8. The van der Waals surface area contributed by atoms with Gasteiger partial charge in [0, 0.05) is 9.92 Å². The highest BCUT2D eigenvalue weighted by Gasteiger charge is 2.07. The van der Waals surface area contributed by atoms with Crippen molar-refractivity contribution >= 4 is 35.0 Å². The minimum atomic E-state index is -0.0746. The van der Waals surface area contributed by atoms with Crippen LogP contribution in [0.3, 0.4) is 0 Å². The Hall–Kier alpha value is -1.65. The number of para-hydroxylation sites is 2. The quantitative estimate of drug-likeness (QED) is 0.846. The highest BCUT2D eigenvalue weighted by Crippen LogP contribution is 2.24. The van der Waals surface area contributed by atoms with Gasteiger partial charge in [-0.05, 0) is 36.4 Å². The van der Waals surface area contributed by atoms with Gasteiger partial charge in [-0.2, -0.15) is 0 Å². The lowest BCUT2D eigenvalue weighted by atomic mass is 10.3. The topological polar surface area (TPSA) is 38.3 Å². The minimum absolute atomic E-state index is 0.0746. The largest absolute Gasteiger partial charge is 0.495 e. The zero-order valence-corrected chi connectivity index (χ0v) is 12.5. The highest BCUT2D eigenvalue weighted by molar-refractivity contribution is 8.00. The van der Waals surface area contributed by atoms with Crippen LogP contribution in [-0.2, 0) is 4.79 Å². The first-order valence-corrected chi connectivity index (χ1v) is 7.36. The minimum Gasteiger partial charge on any atom is -0.495 e. The normalized spacial score (nSPS) is 10.1. The van der Waals surface area contributed by atoms with E-state index in [1.807, 2.05) is 48.5 Å². The fourth-order valence-corrected chi connectivity index (χ4v) is 2.44. The van der Waals surface area contributed by atoms with Gasteiger partial charge in [-0.25, -0.2) is 0 Å². The summed E-state index contributed by atoms with van der Waals surface area (Å²) in [4.78, 5) is 12.9. The summed E-state index contributed by atoms with van der Waals surface area (Å²) in [5.74, 6) is 0.909. The molecule has 1 N–H and O–H groups in total. The van der Waals surface area contributed by atoms with Crippen LogP contribution < -0.4 is 10.1 Å². The molecule has 0 spiro atoms. The number of ether oxygens (including phenoxy) is 1. The summed E-state index contributed by atoms with van der Waals surface area (Å²) in [6.07, 6.45) is 0. The van der Waals surface area contributed by atoms with Crippen molar-refractivity contribution < 1.29 is 9.53 Å². The lowest BCUT2D eigenvalue weighted by Gasteiger charge is -2.09. The smallest absolute Gasteiger partial charge is 0.234 e. The Labute approximate surface area is 127 Å². The average Bonchev–Trinajstić information content (AvgIpc) is 2.47. The summed E-state index contributed by atoms with van der Waals surface area (Å²) in [5.41, 5.74) is 0.678. The second kappa shape index (κ2) is 7.22. The second-order valence-corrected chi connectivity index (χ2v) is 5.48. The van der Waals surface area contributed by atoms with E-state index < -0.39 is 0 Å². The van der Waals surface area contributed by atoms with Crippen molar-refractivity contribution in [3.8, 4) is 5.75 Å². The van der Waals surface area contributed by atoms with Crippen LogP contribution in [0.2, 0.25) is 5.02 Å². The van der Waals surface area contributed by atoms with E-state index in [4.69, 9.17) is 16.3 Å². The van der Waals surface area contributed by atoms with Crippen LogP contribution in [0.15, 0.2) is 53.4 Å². The monoisotopic (exact) mass is 307 g/mol. The SMILES string of the molecule is COc1ccccc1NC(=O)CSc1ccc(Cl)cc1. The van der Waals surface area contributed by atoms with E-state index in [2.05, 4.69) is 5.32 Å². The number of nitrogens with one attached hydrogen (secondary N) is 1. The molecular formula is C15H14ClNO2S. The standard InChI is InChI=1S/C15H14ClNO2S/c1-19-14-5-3-2-4-13(14)17-15(18)10-20-12-8-6-11(16)7-9-12/h2-9H,10H2,1H3,(H,17,18). The van der Waals surface area contributed by atoms with Gasteiger partial charge in [-0.1, -0.05) is 23.7 Å². The van der Waals surface area contributed by atoms with Gasteiger partial charge in [-0.15, -0.1) is 11.8 Å². The molecule has 0 aliphatic carbocycles. The number of hydrogen-bond acceptors (Lipinski definition) is 3. The van der Waals surface area contributed by atoms with Crippen LogP contribution in [0.1, 0.15) is 0 Å². The van der Waals surface area contributed by atoms with E-state index in [-0.39, 0.29) is 5.91 Å². The van der Waals surface area contributed by atoms with E-state index in [1.165, 1.54) is 11.8 Å². The fraction of sp³-hybridized carbons (Fsp3) is 0.133. The van der Waals surface area contributed by atoms with Gasteiger partial charge in [0.25, 0.3) is 0 Å². The molecule has 0 aliphatic rings. The summed E-state index contributed by atoms with van der Waals surface area (Å²) in [7, 11) is 1.58. The Bertz CT molecular complexity index is 587. The molecule has 0 bridgehead atoms. The number of carbonyl (C=O) groups is 1.